The maximum atomic E-state index is 14.1. The van der Waals surface area contributed by atoms with E-state index in [0.29, 0.717) is 5.56 Å². The third-order valence-corrected chi connectivity index (χ3v) is 5.65. The Bertz CT molecular complexity index is 1000. The van der Waals surface area contributed by atoms with Crippen molar-refractivity contribution in [1.82, 2.24) is 0 Å². The fourth-order valence-electron chi connectivity index (χ4n) is 3.84. The molecule has 1 N–H and O–H groups in total. The summed E-state index contributed by atoms with van der Waals surface area (Å²) in [6.07, 6.45) is -4.77. The van der Waals surface area contributed by atoms with Crippen LogP contribution in [0.1, 0.15) is 44.7 Å². The summed E-state index contributed by atoms with van der Waals surface area (Å²) in [4.78, 5) is 0. The number of benzene rings is 2. The summed E-state index contributed by atoms with van der Waals surface area (Å²) >= 11 is 0. The van der Waals surface area contributed by atoms with Crippen molar-refractivity contribution in [3.63, 3.8) is 0 Å². The number of rotatable bonds is 2. The Balaban J connectivity index is 2.33. The molecule has 6 heteroatoms. The first-order valence-electron chi connectivity index (χ1n) is 8.68. The lowest BCUT2D eigenvalue weighted by Crippen LogP contribution is -2.07. The monoisotopic (exact) mass is 394 g/mol. The molecular weight excluding hydrogens is 375 g/mol. The Hall–Kier alpha value is -2.63. The van der Waals surface area contributed by atoms with Crippen LogP contribution in [0, 0.1) is 11.6 Å². The molecule has 148 valence electrons. The Morgan fingerprint density at radius 3 is 1.89 bits per heavy atom. The molecule has 3 rings (SSSR count). The number of hydrogen-bond donors (Lipinski definition) is 1. The van der Waals surface area contributed by atoms with Crippen LogP contribution < -0.4 is 0 Å². The molecule has 2 aromatic carbocycles. The summed E-state index contributed by atoms with van der Waals surface area (Å²) < 4.78 is 67.8. The van der Waals surface area contributed by atoms with Gasteiger partial charge in [-0.25, -0.2) is 8.78 Å². The normalized spacial score (nSPS) is 15.8. The van der Waals surface area contributed by atoms with E-state index in [0.717, 1.165) is 46.6 Å². The van der Waals surface area contributed by atoms with E-state index in [1.54, 1.807) is 0 Å². The fourth-order valence-corrected chi connectivity index (χ4v) is 3.84. The van der Waals surface area contributed by atoms with Crippen LogP contribution in [0.25, 0.3) is 11.1 Å². The standard InChI is InChI=1S/C22H19F5O/c1-10-11(2)13(4)20(12(10)3)16-9-19(24)18(23)8-15(16)14-6-5-7-17(21(14)28)22(25,26)27/h5-9,20,28H,1-4H3. The number of aromatic hydroxyl groups is 1. The van der Waals surface area contributed by atoms with Crippen LogP contribution in [0.3, 0.4) is 0 Å². The van der Waals surface area contributed by atoms with Gasteiger partial charge in [0.05, 0.1) is 5.56 Å². The quantitative estimate of drug-likeness (QED) is 0.538. The van der Waals surface area contributed by atoms with E-state index in [1.165, 1.54) is 6.07 Å². The first-order chi connectivity index (χ1) is 12.9. The zero-order chi connectivity index (χ0) is 21.0. The molecule has 0 saturated heterocycles. The number of phenols is 1. The van der Waals surface area contributed by atoms with Gasteiger partial charge in [0.1, 0.15) is 5.75 Å². The number of hydrogen-bond acceptors (Lipinski definition) is 1. The first kappa shape index (κ1) is 20.1. The van der Waals surface area contributed by atoms with Crippen molar-refractivity contribution in [1.29, 1.82) is 0 Å². The third kappa shape index (κ3) is 3.11. The Morgan fingerprint density at radius 1 is 0.821 bits per heavy atom. The van der Waals surface area contributed by atoms with Crippen molar-refractivity contribution in [2.24, 2.45) is 0 Å². The van der Waals surface area contributed by atoms with E-state index in [9.17, 15) is 27.1 Å². The SMILES string of the molecule is CC1=C(C)C(c2cc(F)c(F)cc2-c2cccc(C(F)(F)F)c2O)C(C)=C1C. The summed E-state index contributed by atoms with van der Waals surface area (Å²) in [7, 11) is 0. The highest BCUT2D eigenvalue weighted by atomic mass is 19.4. The van der Waals surface area contributed by atoms with Crippen LogP contribution in [0.4, 0.5) is 22.0 Å². The Morgan fingerprint density at radius 2 is 1.36 bits per heavy atom. The van der Waals surface area contributed by atoms with Crippen molar-refractivity contribution in [2.75, 3.05) is 0 Å². The van der Waals surface area contributed by atoms with Crippen molar-refractivity contribution in [3.8, 4) is 16.9 Å². The lowest BCUT2D eigenvalue weighted by atomic mass is 9.83. The van der Waals surface area contributed by atoms with Crippen molar-refractivity contribution in [2.45, 2.75) is 39.8 Å². The molecule has 0 unspecified atom stereocenters. The second-order valence-corrected chi connectivity index (χ2v) is 7.10. The molecule has 1 aliphatic rings. The number of phenolic OH excluding ortho intramolecular Hbond substituents is 1. The molecule has 2 aromatic rings. The van der Waals surface area contributed by atoms with Crippen LogP contribution in [-0.4, -0.2) is 5.11 Å². The molecule has 0 atom stereocenters. The summed E-state index contributed by atoms with van der Waals surface area (Å²) in [5.74, 6) is -3.69. The average molecular weight is 394 g/mol. The lowest BCUT2D eigenvalue weighted by molar-refractivity contribution is -0.138. The van der Waals surface area contributed by atoms with Crippen LogP contribution in [0.2, 0.25) is 0 Å². The highest BCUT2D eigenvalue weighted by Crippen LogP contribution is 2.49. The van der Waals surface area contributed by atoms with Gasteiger partial charge in [-0.05, 0) is 68.2 Å². The highest BCUT2D eigenvalue weighted by Gasteiger charge is 2.36. The summed E-state index contributed by atoms with van der Waals surface area (Å²) in [6.45, 7) is 7.54. The Labute approximate surface area is 159 Å². The molecule has 1 nitrogen and oxygen atoms in total. The molecule has 0 fully saturated rings. The minimum absolute atomic E-state index is 0.0358. The number of para-hydroxylation sites is 1. The second kappa shape index (κ2) is 6.76. The van der Waals surface area contributed by atoms with Crippen LogP contribution in [0.15, 0.2) is 52.6 Å². The molecule has 0 amide bonds. The van der Waals surface area contributed by atoms with E-state index in [1.807, 2.05) is 27.7 Å². The molecule has 0 radical (unpaired) electrons. The molecule has 0 saturated carbocycles. The van der Waals surface area contributed by atoms with E-state index < -0.39 is 35.0 Å². The molecule has 0 aromatic heterocycles. The summed E-state index contributed by atoms with van der Waals surface area (Å²) in [5.41, 5.74) is 2.78. The van der Waals surface area contributed by atoms with Gasteiger partial charge in [-0.3, -0.25) is 0 Å². The topological polar surface area (TPSA) is 20.2 Å². The van der Waals surface area contributed by atoms with Gasteiger partial charge in [0.15, 0.2) is 11.6 Å². The zero-order valence-electron chi connectivity index (χ0n) is 15.8. The highest BCUT2D eigenvalue weighted by molar-refractivity contribution is 5.77. The number of allylic oxidation sites excluding steroid dienone is 4. The van der Waals surface area contributed by atoms with E-state index in [-0.39, 0.29) is 11.1 Å². The minimum Gasteiger partial charge on any atom is -0.507 e. The predicted molar refractivity (Wildman–Crippen MR) is 97.9 cm³/mol. The van der Waals surface area contributed by atoms with Crippen LogP contribution in [-0.2, 0) is 6.18 Å². The largest absolute Gasteiger partial charge is 0.507 e. The zero-order valence-corrected chi connectivity index (χ0v) is 15.8. The molecule has 1 aliphatic carbocycles. The number of alkyl halides is 3. The molecule has 0 spiro atoms. The maximum absolute atomic E-state index is 14.1. The lowest BCUT2D eigenvalue weighted by Gasteiger charge is -2.22. The second-order valence-electron chi connectivity index (χ2n) is 7.10. The average Bonchev–Trinajstić information content (AvgIpc) is 2.80. The maximum Gasteiger partial charge on any atom is 0.419 e. The molecule has 0 aliphatic heterocycles. The van der Waals surface area contributed by atoms with E-state index in [4.69, 9.17) is 0 Å². The predicted octanol–water partition coefficient (Wildman–Crippen LogP) is 7.13. The Kier molecular flexibility index (Phi) is 4.86. The van der Waals surface area contributed by atoms with Gasteiger partial charge >= 0.3 is 6.18 Å². The molecular formula is C22H19F5O. The van der Waals surface area contributed by atoms with Gasteiger partial charge in [0.25, 0.3) is 0 Å². The van der Waals surface area contributed by atoms with Crippen molar-refractivity contribution < 1.29 is 27.1 Å². The fraction of sp³-hybridized carbons (Fsp3) is 0.273. The summed E-state index contributed by atoms with van der Waals surface area (Å²) in [5, 5.41) is 10.3. The summed E-state index contributed by atoms with van der Waals surface area (Å²) in [6, 6.07) is 5.02. The molecule has 28 heavy (non-hydrogen) atoms. The van der Waals surface area contributed by atoms with Gasteiger partial charge in [-0.15, -0.1) is 0 Å². The van der Waals surface area contributed by atoms with Gasteiger partial charge < -0.3 is 5.11 Å². The van der Waals surface area contributed by atoms with Crippen LogP contribution >= 0.6 is 0 Å². The van der Waals surface area contributed by atoms with Gasteiger partial charge in [0, 0.05) is 11.5 Å². The van der Waals surface area contributed by atoms with E-state index >= 15 is 0 Å². The minimum atomic E-state index is -4.77. The van der Waals surface area contributed by atoms with Crippen molar-refractivity contribution in [3.05, 3.63) is 75.4 Å². The van der Waals surface area contributed by atoms with Gasteiger partial charge in [-0.1, -0.05) is 23.3 Å². The number of halogens is 5. The smallest absolute Gasteiger partial charge is 0.419 e. The third-order valence-electron chi connectivity index (χ3n) is 5.65. The van der Waals surface area contributed by atoms with E-state index in [2.05, 4.69) is 0 Å². The first-order valence-corrected chi connectivity index (χ1v) is 8.68. The van der Waals surface area contributed by atoms with Crippen molar-refractivity contribution >= 4 is 0 Å². The van der Waals surface area contributed by atoms with Gasteiger partial charge in [0.2, 0.25) is 0 Å². The molecule has 0 heterocycles. The van der Waals surface area contributed by atoms with Crippen LogP contribution in [0.5, 0.6) is 5.75 Å². The molecule has 0 bridgehead atoms. The van der Waals surface area contributed by atoms with Gasteiger partial charge in [-0.2, -0.15) is 13.2 Å².